The first-order chi connectivity index (χ1) is 19.3. The predicted octanol–water partition coefficient (Wildman–Crippen LogP) is 7.98. The minimum Gasteiger partial charge on any atom is -0.486 e. The highest BCUT2D eigenvalue weighted by atomic mass is 19.4. The van der Waals surface area contributed by atoms with Crippen LogP contribution in [0.15, 0.2) is 55.4 Å². The van der Waals surface area contributed by atoms with Crippen molar-refractivity contribution in [2.24, 2.45) is 5.41 Å². The molecule has 1 fully saturated rings. The molecule has 0 bridgehead atoms. The Hall–Kier alpha value is -3.75. The number of benzene rings is 2. The molecule has 1 aromatic heterocycles. The number of hydrogen-bond donors (Lipinski definition) is 1. The summed E-state index contributed by atoms with van der Waals surface area (Å²) in [6, 6.07) is 11.8. The Bertz CT molecular complexity index is 1370. The van der Waals surface area contributed by atoms with E-state index in [1.54, 1.807) is 0 Å². The van der Waals surface area contributed by atoms with Crippen LogP contribution in [0.3, 0.4) is 0 Å². The van der Waals surface area contributed by atoms with Gasteiger partial charge in [0.25, 0.3) is 0 Å². The number of aliphatic carboxylic acids is 1. The van der Waals surface area contributed by atoms with Gasteiger partial charge in [0.2, 0.25) is 0 Å². The summed E-state index contributed by atoms with van der Waals surface area (Å²) in [6.45, 7) is 13.6. The van der Waals surface area contributed by atoms with Gasteiger partial charge in [0.05, 0.1) is 23.9 Å². The van der Waals surface area contributed by atoms with Crippen molar-refractivity contribution in [3.05, 3.63) is 83.2 Å². The normalized spacial score (nSPS) is 18.3. The summed E-state index contributed by atoms with van der Waals surface area (Å²) < 4.78 is 47.0. The van der Waals surface area contributed by atoms with Crippen LogP contribution in [0, 0.1) is 19.3 Å². The Kier molecular flexibility index (Phi) is 8.85. The van der Waals surface area contributed by atoms with E-state index in [2.05, 4.69) is 23.5 Å². The molecule has 1 aliphatic heterocycles. The van der Waals surface area contributed by atoms with Crippen molar-refractivity contribution in [1.29, 1.82) is 0 Å². The molecular weight excluding hydrogens is 531 g/mol. The van der Waals surface area contributed by atoms with Crippen molar-refractivity contribution >= 4 is 11.7 Å². The van der Waals surface area contributed by atoms with Gasteiger partial charge in [-0.1, -0.05) is 51.1 Å². The Morgan fingerprint density at radius 3 is 2.41 bits per heavy atom. The highest BCUT2D eigenvalue weighted by molar-refractivity contribution is 5.68. The van der Waals surface area contributed by atoms with Crippen LogP contribution in [0.1, 0.15) is 79.9 Å². The number of hydrogen-bond acceptors (Lipinski definition) is 4. The standard InChI is InChI=1S/C32H38F3N3O3/c1-6-8-28(41-27-15-21(2)30(22(3)16-27)38-19-26(18-36-38)32(33,34)35)25-11-9-24(10-12-25)23(4)37-14-7-13-31(5,20-37)17-29(39)40/h9-12,15-16,18-19,28H,4,6-8,13-14,17,20H2,1-3,5H3,(H,39,40)/t28?,31-/m1/s1. The zero-order chi connectivity index (χ0) is 29.9. The molecule has 0 amide bonds. The van der Waals surface area contributed by atoms with Gasteiger partial charge in [-0.05, 0) is 72.9 Å². The van der Waals surface area contributed by atoms with Crippen molar-refractivity contribution in [2.45, 2.75) is 72.1 Å². The van der Waals surface area contributed by atoms with Gasteiger partial charge >= 0.3 is 12.1 Å². The fraction of sp³-hybridized carbons (Fsp3) is 0.438. The Labute approximate surface area is 239 Å². The third kappa shape index (κ3) is 7.13. The smallest absolute Gasteiger partial charge is 0.419 e. The second kappa shape index (κ2) is 12.0. The number of likely N-dealkylation sites (tertiary alicyclic amines) is 1. The number of nitrogens with zero attached hydrogens (tertiary/aromatic N) is 3. The lowest BCUT2D eigenvalue weighted by Crippen LogP contribution is -2.41. The molecular formula is C32H38F3N3O3. The lowest BCUT2D eigenvalue weighted by atomic mass is 9.78. The van der Waals surface area contributed by atoms with E-state index in [1.165, 1.54) is 4.68 Å². The first-order valence-corrected chi connectivity index (χ1v) is 14.0. The minimum absolute atomic E-state index is 0.141. The van der Waals surface area contributed by atoms with Gasteiger partial charge in [-0.15, -0.1) is 0 Å². The molecule has 1 N–H and O–H groups in total. The van der Waals surface area contributed by atoms with E-state index < -0.39 is 17.7 Å². The topological polar surface area (TPSA) is 67.6 Å². The average Bonchev–Trinajstić information content (AvgIpc) is 3.37. The van der Waals surface area contributed by atoms with Gasteiger partial charge in [-0.3, -0.25) is 4.79 Å². The van der Waals surface area contributed by atoms with Gasteiger partial charge in [0.15, 0.2) is 0 Å². The van der Waals surface area contributed by atoms with Crippen molar-refractivity contribution in [3.63, 3.8) is 0 Å². The summed E-state index contributed by atoms with van der Waals surface area (Å²) in [4.78, 5) is 13.5. The van der Waals surface area contributed by atoms with Crippen LogP contribution in [0.25, 0.3) is 11.4 Å². The fourth-order valence-electron chi connectivity index (χ4n) is 5.79. The molecule has 6 nitrogen and oxygen atoms in total. The molecule has 0 aliphatic carbocycles. The van der Waals surface area contributed by atoms with Gasteiger partial charge in [0, 0.05) is 25.0 Å². The van der Waals surface area contributed by atoms with Crippen molar-refractivity contribution in [1.82, 2.24) is 14.7 Å². The van der Waals surface area contributed by atoms with Gasteiger partial charge in [-0.25, -0.2) is 4.68 Å². The summed E-state index contributed by atoms with van der Waals surface area (Å²) in [6.07, 6.45) is 0.813. The molecule has 0 spiro atoms. The predicted molar refractivity (Wildman–Crippen MR) is 153 cm³/mol. The number of ether oxygens (including phenoxy) is 1. The van der Waals surface area contributed by atoms with Crippen LogP contribution in [0.5, 0.6) is 5.75 Å². The molecule has 2 atom stereocenters. The maximum Gasteiger partial charge on any atom is 0.419 e. The maximum absolute atomic E-state index is 13.1. The summed E-state index contributed by atoms with van der Waals surface area (Å²) in [5.41, 5.74) is 3.92. The van der Waals surface area contributed by atoms with E-state index in [-0.39, 0.29) is 17.9 Å². The molecule has 0 radical (unpaired) electrons. The summed E-state index contributed by atoms with van der Waals surface area (Å²) >= 11 is 0. The highest BCUT2D eigenvalue weighted by Gasteiger charge is 2.34. The monoisotopic (exact) mass is 569 g/mol. The van der Waals surface area contributed by atoms with Gasteiger partial charge < -0.3 is 14.7 Å². The van der Waals surface area contributed by atoms with Crippen LogP contribution in [0.2, 0.25) is 0 Å². The van der Waals surface area contributed by atoms with E-state index in [0.717, 1.165) is 72.6 Å². The summed E-state index contributed by atoms with van der Waals surface area (Å²) in [7, 11) is 0. The SMILES string of the molecule is C=C(c1ccc(C(CCC)Oc2cc(C)c(-n3cc(C(F)(F)F)cn3)c(C)c2)cc1)N1CCC[C@](C)(CC(=O)O)C1. The minimum atomic E-state index is -4.45. The number of aryl methyl sites for hydroxylation is 2. The number of carboxylic acids is 1. The van der Waals surface area contributed by atoms with Gasteiger partial charge in [-0.2, -0.15) is 18.3 Å². The Balaban J connectivity index is 1.50. The summed E-state index contributed by atoms with van der Waals surface area (Å²) in [5.74, 6) is -0.131. The molecule has 2 aromatic carbocycles. The van der Waals surface area contributed by atoms with Crippen LogP contribution in [-0.4, -0.2) is 38.8 Å². The first-order valence-electron chi connectivity index (χ1n) is 14.0. The van der Waals surface area contributed by atoms with Gasteiger partial charge in [0.1, 0.15) is 11.9 Å². The van der Waals surface area contributed by atoms with Crippen molar-refractivity contribution < 1.29 is 27.8 Å². The molecule has 1 unspecified atom stereocenters. The molecule has 1 aliphatic rings. The van der Waals surface area contributed by atoms with Crippen molar-refractivity contribution in [3.8, 4) is 11.4 Å². The molecule has 220 valence electrons. The Morgan fingerprint density at radius 2 is 1.85 bits per heavy atom. The van der Waals surface area contributed by atoms with E-state index in [1.807, 2.05) is 57.2 Å². The zero-order valence-electron chi connectivity index (χ0n) is 24.1. The number of carboxylic acid groups (broad SMARTS) is 1. The van der Waals surface area contributed by atoms with E-state index >= 15 is 0 Å². The highest BCUT2D eigenvalue weighted by Crippen LogP contribution is 2.37. The molecule has 4 rings (SSSR count). The van der Waals surface area contributed by atoms with E-state index in [9.17, 15) is 23.1 Å². The number of halogens is 3. The largest absolute Gasteiger partial charge is 0.486 e. The van der Waals surface area contributed by atoms with Crippen LogP contribution < -0.4 is 4.74 Å². The van der Waals surface area contributed by atoms with Crippen molar-refractivity contribution in [2.75, 3.05) is 13.1 Å². The second-order valence-electron chi connectivity index (χ2n) is 11.4. The number of aromatic nitrogens is 2. The molecule has 41 heavy (non-hydrogen) atoms. The number of piperidine rings is 1. The fourth-order valence-corrected chi connectivity index (χ4v) is 5.79. The van der Waals surface area contributed by atoms with Crippen LogP contribution in [-0.2, 0) is 11.0 Å². The second-order valence-corrected chi connectivity index (χ2v) is 11.4. The molecule has 0 saturated carbocycles. The van der Waals surface area contributed by atoms with E-state index in [0.29, 0.717) is 18.0 Å². The zero-order valence-corrected chi connectivity index (χ0v) is 24.1. The number of alkyl halides is 3. The Morgan fingerprint density at radius 1 is 1.20 bits per heavy atom. The lowest BCUT2D eigenvalue weighted by molar-refractivity contribution is -0.140. The summed E-state index contributed by atoms with van der Waals surface area (Å²) in [5, 5.41) is 13.3. The lowest BCUT2D eigenvalue weighted by Gasteiger charge is -2.41. The maximum atomic E-state index is 13.1. The molecule has 1 saturated heterocycles. The third-order valence-corrected chi connectivity index (χ3v) is 7.79. The van der Waals surface area contributed by atoms with Crippen LogP contribution in [0.4, 0.5) is 13.2 Å². The average molecular weight is 570 g/mol. The first kappa shape index (κ1) is 30.2. The quantitative estimate of drug-likeness (QED) is 0.268. The third-order valence-electron chi connectivity index (χ3n) is 7.79. The molecule has 3 aromatic rings. The van der Waals surface area contributed by atoms with Crippen LogP contribution >= 0.6 is 0 Å². The molecule has 9 heteroatoms. The van der Waals surface area contributed by atoms with E-state index in [4.69, 9.17) is 4.74 Å². The molecule has 2 heterocycles. The number of carbonyl (C=O) groups is 1. The number of rotatable bonds is 10.